The molecule has 2 aromatic carbocycles. The topological polar surface area (TPSA) is 66.4 Å². The van der Waals surface area contributed by atoms with Gasteiger partial charge in [-0.15, -0.1) is 11.8 Å². The molecule has 6 heteroatoms. The van der Waals surface area contributed by atoms with E-state index in [1.54, 1.807) is 18.2 Å². The molecule has 0 heterocycles. The SMILES string of the molecule is Cc1ccc(C(=O)O)cc1NC(=O)CSc1ccc(Cl)cc1. The van der Waals surface area contributed by atoms with E-state index in [2.05, 4.69) is 5.32 Å². The summed E-state index contributed by atoms with van der Waals surface area (Å²) in [4.78, 5) is 23.9. The summed E-state index contributed by atoms with van der Waals surface area (Å²) in [6, 6.07) is 11.9. The van der Waals surface area contributed by atoms with Gasteiger partial charge < -0.3 is 10.4 Å². The van der Waals surface area contributed by atoms with Crippen molar-refractivity contribution in [3.05, 3.63) is 58.6 Å². The Morgan fingerprint density at radius 1 is 1.18 bits per heavy atom. The fourth-order valence-corrected chi connectivity index (χ4v) is 2.58. The van der Waals surface area contributed by atoms with Crippen molar-refractivity contribution < 1.29 is 14.7 Å². The van der Waals surface area contributed by atoms with Crippen molar-refractivity contribution in [3.8, 4) is 0 Å². The predicted molar refractivity (Wildman–Crippen MR) is 88.9 cm³/mol. The summed E-state index contributed by atoms with van der Waals surface area (Å²) in [5.41, 5.74) is 1.47. The van der Waals surface area contributed by atoms with Gasteiger partial charge in [-0.1, -0.05) is 17.7 Å². The molecular weight excluding hydrogens is 322 g/mol. The quantitative estimate of drug-likeness (QED) is 0.808. The maximum Gasteiger partial charge on any atom is 0.335 e. The number of hydrogen-bond donors (Lipinski definition) is 2. The van der Waals surface area contributed by atoms with Gasteiger partial charge in [0.2, 0.25) is 5.91 Å². The first-order valence-electron chi connectivity index (χ1n) is 6.48. The van der Waals surface area contributed by atoms with Crippen LogP contribution in [0.1, 0.15) is 15.9 Å². The molecule has 0 aromatic heterocycles. The highest BCUT2D eigenvalue weighted by molar-refractivity contribution is 8.00. The lowest BCUT2D eigenvalue weighted by Crippen LogP contribution is -2.15. The second-order valence-electron chi connectivity index (χ2n) is 4.63. The number of rotatable bonds is 5. The zero-order chi connectivity index (χ0) is 16.1. The Kier molecular flexibility index (Phi) is 5.46. The number of carboxylic acid groups (broad SMARTS) is 1. The molecule has 0 aliphatic heterocycles. The zero-order valence-corrected chi connectivity index (χ0v) is 13.4. The van der Waals surface area contributed by atoms with Crippen molar-refractivity contribution in [3.63, 3.8) is 0 Å². The van der Waals surface area contributed by atoms with Gasteiger partial charge in [0.15, 0.2) is 0 Å². The standard InChI is InChI=1S/C16H14ClNO3S/c1-10-2-3-11(16(20)21)8-14(10)18-15(19)9-22-13-6-4-12(17)5-7-13/h2-8H,9H2,1H3,(H,18,19)(H,20,21). The number of thioether (sulfide) groups is 1. The Hall–Kier alpha value is -1.98. The normalized spacial score (nSPS) is 10.3. The first kappa shape index (κ1) is 16.4. The molecule has 0 aliphatic carbocycles. The minimum absolute atomic E-state index is 0.145. The minimum atomic E-state index is -1.02. The summed E-state index contributed by atoms with van der Waals surface area (Å²) in [5, 5.41) is 12.4. The molecule has 0 spiro atoms. The first-order chi connectivity index (χ1) is 10.5. The summed E-state index contributed by atoms with van der Waals surface area (Å²) in [7, 11) is 0. The number of anilines is 1. The summed E-state index contributed by atoms with van der Waals surface area (Å²) >= 11 is 7.19. The predicted octanol–water partition coefficient (Wildman–Crippen LogP) is 4.08. The maximum atomic E-state index is 12.0. The molecule has 0 bridgehead atoms. The van der Waals surface area contributed by atoms with Crippen molar-refractivity contribution in [2.24, 2.45) is 0 Å². The molecule has 114 valence electrons. The molecule has 0 aliphatic rings. The Morgan fingerprint density at radius 2 is 1.86 bits per heavy atom. The highest BCUT2D eigenvalue weighted by Gasteiger charge is 2.09. The van der Waals surface area contributed by atoms with Crippen LogP contribution in [0.5, 0.6) is 0 Å². The van der Waals surface area contributed by atoms with Crippen LogP contribution in [0.2, 0.25) is 5.02 Å². The van der Waals surface area contributed by atoms with E-state index in [4.69, 9.17) is 16.7 Å². The molecule has 0 atom stereocenters. The smallest absolute Gasteiger partial charge is 0.335 e. The Labute approximate surface area is 137 Å². The van der Waals surface area contributed by atoms with E-state index in [1.165, 1.54) is 23.9 Å². The fraction of sp³-hybridized carbons (Fsp3) is 0.125. The largest absolute Gasteiger partial charge is 0.478 e. The number of carboxylic acids is 1. The first-order valence-corrected chi connectivity index (χ1v) is 7.84. The highest BCUT2D eigenvalue weighted by atomic mass is 35.5. The molecular formula is C16H14ClNO3S. The minimum Gasteiger partial charge on any atom is -0.478 e. The number of amides is 1. The van der Waals surface area contributed by atoms with Crippen molar-refractivity contribution in [2.45, 2.75) is 11.8 Å². The second kappa shape index (κ2) is 7.33. The van der Waals surface area contributed by atoms with Gasteiger partial charge in [0.1, 0.15) is 0 Å². The van der Waals surface area contributed by atoms with Crippen LogP contribution in [0.4, 0.5) is 5.69 Å². The zero-order valence-electron chi connectivity index (χ0n) is 11.8. The van der Waals surface area contributed by atoms with E-state index in [9.17, 15) is 9.59 Å². The highest BCUT2D eigenvalue weighted by Crippen LogP contribution is 2.21. The molecule has 2 aromatic rings. The van der Waals surface area contributed by atoms with Gasteiger partial charge >= 0.3 is 5.97 Å². The van der Waals surface area contributed by atoms with Crippen molar-refractivity contribution in [2.75, 3.05) is 11.1 Å². The Bertz CT molecular complexity index is 701. The average molecular weight is 336 g/mol. The van der Waals surface area contributed by atoms with Gasteiger partial charge in [0.05, 0.1) is 11.3 Å². The third-order valence-electron chi connectivity index (χ3n) is 2.94. The van der Waals surface area contributed by atoms with Crippen LogP contribution in [0.15, 0.2) is 47.4 Å². The molecule has 4 nitrogen and oxygen atoms in total. The summed E-state index contributed by atoms with van der Waals surface area (Å²) in [6.45, 7) is 1.81. The van der Waals surface area contributed by atoms with E-state index in [-0.39, 0.29) is 17.2 Å². The second-order valence-corrected chi connectivity index (χ2v) is 6.11. The number of carbonyl (C=O) groups is 2. The monoisotopic (exact) mass is 335 g/mol. The Morgan fingerprint density at radius 3 is 2.50 bits per heavy atom. The summed E-state index contributed by atoms with van der Waals surface area (Å²) in [6.07, 6.45) is 0. The third kappa shape index (κ3) is 4.51. The van der Waals surface area contributed by atoms with Crippen LogP contribution in [0.3, 0.4) is 0 Å². The van der Waals surface area contributed by atoms with Crippen molar-refractivity contribution in [1.29, 1.82) is 0 Å². The molecule has 2 N–H and O–H groups in total. The van der Waals surface area contributed by atoms with Crippen LogP contribution in [0, 0.1) is 6.92 Å². The van der Waals surface area contributed by atoms with Crippen LogP contribution in [0.25, 0.3) is 0 Å². The maximum absolute atomic E-state index is 12.0. The van der Waals surface area contributed by atoms with Crippen molar-refractivity contribution in [1.82, 2.24) is 0 Å². The lowest BCUT2D eigenvalue weighted by Gasteiger charge is -2.09. The van der Waals surface area contributed by atoms with Gasteiger partial charge in [-0.25, -0.2) is 4.79 Å². The molecule has 0 radical (unpaired) electrons. The number of aromatic carboxylic acids is 1. The van der Waals surface area contributed by atoms with E-state index >= 15 is 0 Å². The van der Waals surface area contributed by atoms with Crippen LogP contribution < -0.4 is 5.32 Å². The Balaban J connectivity index is 1.98. The molecule has 0 fully saturated rings. The van der Waals surface area contributed by atoms with Gasteiger partial charge in [0.25, 0.3) is 0 Å². The fourth-order valence-electron chi connectivity index (χ4n) is 1.76. The van der Waals surface area contributed by atoms with Gasteiger partial charge in [-0.3, -0.25) is 4.79 Å². The third-order valence-corrected chi connectivity index (χ3v) is 4.21. The van der Waals surface area contributed by atoms with Crippen molar-refractivity contribution >= 4 is 40.9 Å². The number of carbonyl (C=O) groups excluding carboxylic acids is 1. The van der Waals surface area contributed by atoms with E-state index in [0.717, 1.165) is 10.5 Å². The molecule has 22 heavy (non-hydrogen) atoms. The molecule has 0 saturated heterocycles. The molecule has 2 rings (SSSR count). The molecule has 1 amide bonds. The van der Waals surface area contributed by atoms with Gasteiger partial charge in [-0.05, 0) is 48.9 Å². The number of halogens is 1. The van der Waals surface area contributed by atoms with E-state index < -0.39 is 5.97 Å². The molecule has 0 saturated carbocycles. The number of aryl methyl sites for hydroxylation is 1. The summed E-state index contributed by atoms with van der Waals surface area (Å²) in [5.74, 6) is -0.977. The van der Waals surface area contributed by atoms with E-state index in [1.807, 2.05) is 19.1 Å². The number of hydrogen-bond acceptors (Lipinski definition) is 3. The molecule has 0 unspecified atom stereocenters. The lowest BCUT2D eigenvalue weighted by atomic mass is 10.1. The lowest BCUT2D eigenvalue weighted by molar-refractivity contribution is -0.113. The van der Waals surface area contributed by atoms with E-state index in [0.29, 0.717) is 10.7 Å². The van der Waals surface area contributed by atoms with Crippen LogP contribution in [-0.2, 0) is 4.79 Å². The number of nitrogens with one attached hydrogen (secondary N) is 1. The van der Waals surface area contributed by atoms with Gasteiger partial charge in [0, 0.05) is 15.6 Å². The van der Waals surface area contributed by atoms with Crippen LogP contribution >= 0.6 is 23.4 Å². The number of benzene rings is 2. The van der Waals surface area contributed by atoms with Crippen LogP contribution in [-0.4, -0.2) is 22.7 Å². The van der Waals surface area contributed by atoms with Gasteiger partial charge in [-0.2, -0.15) is 0 Å². The average Bonchev–Trinajstić information content (AvgIpc) is 2.48. The summed E-state index contributed by atoms with van der Waals surface area (Å²) < 4.78 is 0.